The molecule has 8 heteroatoms. The van der Waals surface area contributed by atoms with Crippen LogP contribution in [0.15, 0.2) is 33.5 Å². The molecule has 1 unspecified atom stereocenters. The number of fused-ring (bicyclic) bond motifs is 1. The third-order valence-corrected chi connectivity index (χ3v) is 5.30. The number of β-amino-alcohol motifs (C(OH)–C–C–N with tert-alkyl or cyclic N) is 1. The summed E-state index contributed by atoms with van der Waals surface area (Å²) in [5, 5.41) is 11.0. The van der Waals surface area contributed by atoms with Crippen LogP contribution in [-0.4, -0.2) is 76.9 Å². The molecule has 146 valence electrons. The molecule has 2 aliphatic rings. The van der Waals surface area contributed by atoms with Gasteiger partial charge >= 0.3 is 5.76 Å². The van der Waals surface area contributed by atoms with E-state index in [1.807, 2.05) is 0 Å². The summed E-state index contributed by atoms with van der Waals surface area (Å²) in [5.74, 6) is -0.781. The number of rotatable bonds is 4. The van der Waals surface area contributed by atoms with Crippen molar-refractivity contribution in [3.8, 4) is 0 Å². The first-order chi connectivity index (χ1) is 13.0. The molecule has 2 fully saturated rings. The minimum Gasteiger partial charge on any atom is -0.408 e. The van der Waals surface area contributed by atoms with Gasteiger partial charge in [0, 0.05) is 13.1 Å². The number of oxazole rings is 1. The lowest BCUT2D eigenvalue weighted by Gasteiger charge is -2.34. The molecule has 0 spiro atoms. The summed E-state index contributed by atoms with van der Waals surface area (Å²) in [5.41, 5.74) is -0.0470. The molecular formula is C19H25N3O5. The van der Waals surface area contributed by atoms with Gasteiger partial charge in [0.05, 0.1) is 25.3 Å². The molecule has 0 aliphatic carbocycles. The van der Waals surface area contributed by atoms with Gasteiger partial charge in [-0.1, -0.05) is 12.1 Å². The lowest BCUT2D eigenvalue weighted by atomic mass is 10.0. The van der Waals surface area contributed by atoms with Crippen molar-refractivity contribution in [2.75, 3.05) is 45.9 Å². The fourth-order valence-electron chi connectivity index (χ4n) is 3.98. The Bertz CT molecular complexity index is 870. The third-order valence-electron chi connectivity index (χ3n) is 5.30. The number of carbonyl (C=O) groups excluding carboxylic acids is 1. The van der Waals surface area contributed by atoms with Crippen LogP contribution in [0.25, 0.3) is 11.1 Å². The Hall–Kier alpha value is -2.16. The molecule has 1 amide bonds. The SMILES string of the molecule is O=C(Cn1c(=O)oc2ccccc21)N1CCOCC(O)(CN2CCCC2)C1. The van der Waals surface area contributed by atoms with Gasteiger partial charge in [0.25, 0.3) is 0 Å². The molecule has 2 aliphatic heterocycles. The number of amides is 1. The Labute approximate surface area is 156 Å². The van der Waals surface area contributed by atoms with Crippen LogP contribution in [0.1, 0.15) is 12.8 Å². The van der Waals surface area contributed by atoms with Crippen molar-refractivity contribution in [3.63, 3.8) is 0 Å². The number of ether oxygens (including phenoxy) is 1. The number of hydrogen-bond acceptors (Lipinski definition) is 6. The first-order valence-electron chi connectivity index (χ1n) is 9.43. The Morgan fingerprint density at radius 3 is 2.78 bits per heavy atom. The molecule has 1 aromatic carbocycles. The van der Waals surface area contributed by atoms with E-state index in [4.69, 9.17) is 9.15 Å². The number of aromatic nitrogens is 1. The molecule has 0 radical (unpaired) electrons. The van der Waals surface area contributed by atoms with Crippen molar-refractivity contribution in [2.45, 2.75) is 25.0 Å². The van der Waals surface area contributed by atoms with E-state index in [9.17, 15) is 14.7 Å². The number of hydrogen-bond donors (Lipinski definition) is 1. The smallest absolute Gasteiger partial charge is 0.408 e. The van der Waals surface area contributed by atoms with Crippen LogP contribution in [0, 0.1) is 0 Å². The maximum absolute atomic E-state index is 12.9. The molecule has 27 heavy (non-hydrogen) atoms. The van der Waals surface area contributed by atoms with Gasteiger partial charge in [0.2, 0.25) is 5.91 Å². The van der Waals surface area contributed by atoms with E-state index in [0.29, 0.717) is 30.8 Å². The molecule has 3 heterocycles. The van der Waals surface area contributed by atoms with Crippen LogP contribution in [0.3, 0.4) is 0 Å². The second-order valence-corrected chi connectivity index (χ2v) is 7.50. The van der Waals surface area contributed by atoms with E-state index in [0.717, 1.165) is 25.9 Å². The van der Waals surface area contributed by atoms with E-state index < -0.39 is 11.4 Å². The van der Waals surface area contributed by atoms with Crippen molar-refractivity contribution >= 4 is 17.0 Å². The molecule has 1 N–H and O–H groups in total. The normalized spacial score (nSPS) is 24.4. The Kier molecular flexibility index (Phi) is 5.03. The molecular weight excluding hydrogens is 350 g/mol. The van der Waals surface area contributed by atoms with E-state index in [-0.39, 0.29) is 25.6 Å². The average molecular weight is 375 g/mol. The lowest BCUT2D eigenvalue weighted by molar-refractivity contribution is -0.135. The second-order valence-electron chi connectivity index (χ2n) is 7.50. The summed E-state index contributed by atoms with van der Waals surface area (Å²) in [6.07, 6.45) is 2.27. The van der Waals surface area contributed by atoms with Gasteiger partial charge in [-0.15, -0.1) is 0 Å². The quantitative estimate of drug-likeness (QED) is 0.826. The predicted molar refractivity (Wildman–Crippen MR) is 98.5 cm³/mol. The highest BCUT2D eigenvalue weighted by molar-refractivity contribution is 5.79. The Balaban J connectivity index is 1.50. The monoisotopic (exact) mass is 375 g/mol. The van der Waals surface area contributed by atoms with Gasteiger partial charge in [0.15, 0.2) is 5.58 Å². The fraction of sp³-hybridized carbons (Fsp3) is 0.579. The van der Waals surface area contributed by atoms with Gasteiger partial charge < -0.3 is 24.1 Å². The summed E-state index contributed by atoms with van der Waals surface area (Å²) >= 11 is 0. The number of aliphatic hydroxyl groups is 1. The second kappa shape index (κ2) is 7.46. The Morgan fingerprint density at radius 2 is 1.96 bits per heavy atom. The van der Waals surface area contributed by atoms with Crippen LogP contribution in [-0.2, 0) is 16.1 Å². The molecule has 1 aromatic heterocycles. The molecule has 0 saturated carbocycles. The topological polar surface area (TPSA) is 88.2 Å². The summed E-state index contributed by atoms with van der Waals surface area (Å²) in [4.78, 5) is 28.8. The first kappa shape index (κ1) is 18.2. The molecule has 8 nitrogen and oxygen atoms in total. The lowest BCUT2D eigenvalue weighted by Crippen LogP contribution is -2.53. The molecule has 1 atom stereocenters. The van der Waals surface area contributed by atoms with Crippen LogP contribution in [0.5, 0.6) is 0 Å². The summed E-state index contributed by atoms with van der Waals surface area (Å²) in [7, 11) is 0. The van der Waals surface area contributed by atoms with Gasteiger partial charge in [-0.25, -0.2) is 4.79 Å². The minimum atomic E-state index is -1.10. The number of nitrogens with zero attached hydrogens (tertiary/aromatic N) is 3. The third kappa shape index (κ3) is 3.92. The Morgan fingerprint density at radius 1 is 1.19 bits per heavy atom. The zero-order chi connectivity index (χ0) is 18.9. The van der Waals surface area contributed by atoms with Crippen molar-refractivity contribution in [1.29, 1.82) is 0 Å². The van der Waals surface area contributed by atoms with Crippen molar-refractivity contribution < 1.29 is 19.1 Å². The van der Waals surface area contributed by atoms with Gasteiger partial charge in [-0.2, -0.15) is 0 Å². The van der Waals surface area contributed by atoms with E-state index in [2.05, 4.69) is 4.90 Å². The van der Waals surface area contributed by atoms with Gasteiger partial charge in [-0.3, -0.25) is 9.36 Å². The predicted octanol–water partition coefficient (Wildman–Crippen LogP) is 0.280. The molecule has 0 bridgehead atoms. The number of likely N-dealkylation sites (tertiary alicyclic amines) is 1. The zero-order valence-corrected chi connectivity index (χ0v) is 15.3. The summed E-state index contributed by atoms with van der Waals surface area (Å²) in [6.45, 7) is 3.48. The number of carbonyl (C=O) groups is 1. The highest BCUT2D eigenvalue weighted by Gasteiger charge is 2.36. The van der Waals surface area contributed by atoms with E-state index in [1.54, 1.807) is 29.2 Å². The average Bonchev–Trinajstić information content (AvgIpc) is 3.20. The van der Waals surface area contributed by atoms with E-state index in [1.165, 1.54) is 4.57 Å². The number of para-hydroxylation sites is 2. The highest BCUT2D eigenvalue weighted by atomic mass is 16.5. The van der Waals surface area contributed by atoms with E-state index >= 15 is 0 Å². The molecule has 4 rings (SSSR count). The van der Waals surface area contributed by atoms with Gasteiger partial charge in [-0.05, 0) is 38.1 Å². The van der Waals surface area contributed by atoms with Crippen molar-refractivity contribution in [1.82, 2.24) is 14.4 Å². The molecule has 2 saturated heterocycles. The van der Waals surface area contributed by atoms with Crippen LogP contribution >= 0.6 is 0 Å². The van der Waals surface area contributed by atoms with Crippen molar-refractivity contribution in [2.24, 2.45) is 0 Å². The largest absolute Gasteiger partial charge is 0.420 e. The van der Waals surface area contributed by atoms with Crippen LogP contribution in [0.2, 0.25) is 0 Å². The van der Waals surface area contributed by atoms with Gasteiger partial charge in [0.1, 0.15) is 12.1 Å². The molecule has 2 aromatic rings. The number of benzene rings is 1. The first-order valence-corrected chi connectivity index (χ1v) is 9.43. The maximum Gasteiger partial charge on any atom is 0.420 e. The maximum atomic E-state index is 12.9. The van der Waals surface area contributed by atoms with Crippen LogP contribution < -0.4 is 5.76 Å². The zero-order valence-electron chi connectivity index (χ0n) is 15.3. The highest BCUT2D eigenvalue weighted by Crippen LogP contribution is 2.19. The van der Waals surface area contributed by atoms with Crippen LogP contribution in [0.4, 0.5) is 0 Å². The minimum absolute atomic E-state index is 0.115. The fourth-order valence-corrected chi connectivity index (χ4v) is 3.98. The standard InChI is InChI=1S/C19H25N3O5/c23-17(11-22-15-5-1-2-6-16(15)27-18(22)24)21-9-10-26-14-19(25,13-21)12-20-7-3-4-8-20/h1-2,5-6,25H,3-4,7-14H2. The summed E-state index contributed by atoms with van der Waals surface area (Å²) in [6, 6.07) is 7.03. The summed E-state index contributed by atoms with van der Waals surface area (Å²) < 4.78 is 12.1. The van der Waals surface area contributed by atoms with Crippen molar-refractivity contribution in [3.05, 3.63) is 34.8 Å².